The van der Waals surface area contributed by atoms with Gasteiger partial charge in [0, 0.05) is 12.0 Å². The van der Waals surface area contributed by atoms with Gasteiger partial charge in [-0.25, -0.2) is 4.98 Å². The maximum Gasteiger partial charge on any atom is 0.319 e. The van der Waals surface area contributed by atoms with Gasteiger partial charge in [0.2, 0.25) is 5.88 Å². The first-order valence-corrected chi connectivity index (χ1v) is 7.48. The molecule has 0 amide bonds. The van der Waals surface area contributed by atoms with Crippen LogP contribution >= 0.6 is 0 Å². The van der Waals surface area contributed by atoms with E-state index in [9.17, 15) is 0 Å². The van der Waals surface area contributed by atoms with Gasteiger partial charge in [-0.1, -0.05) is 12.1 Å². The van der Waals surface area contributed by atoms with Gasteiger partial charge in [0.1, 0.15) is 0 Å². The molecule has 0 spiro atoms. The van der Waals surface area contributed by atoms with E-state index in [4.69, 9.17) is 18.9 Å². The Bertz CT molecular complexity index is 668. The van der Waals surface area contributed by atoms with Gasteiger partial charge >= 0.3 is 6.01 Å². The molecule has 1 aromatic carbocycles. The summed E-state index contributed by atoms with van der Waals surface area (Å²) < 4.78 is 21.6. The third-order valence-electron chi connectivity index (χ3n) is 3.88. The van der Waals surface area contributed by atoms with E-state index in [1.54, 1.807) is 21.3 Å². The first-order valence-electron chi connectivity index (χ1n) is 7.48. The first-order chi connectivity index (χ1) is 11.2. The van der Waals surface area contributed by atoms with Crippen LogP contribution in [0.4, 0.5) is 0 Å². The second-order valence-corrected chi connectivity index (χ2v) is 5.42. The molecule has 0 saturated heterocycles. The lowest BCUT2D eigenvalue weighted by molar-refractivity contribution is 0.210. The lowest BCUT2D eigenvalue weighted by atomic mass is 9.92. The number of hydrogen-bond donors (Lipinski definition) is 0. The number of ether oxygens (including phenoxy) is 4. The number of hydrogen-bond acceptors (Lipinski definition) is 6. The summed E-state index contributed by atoms with van der Waals surface area (Å²) in [5.41, 5.74) is 2.04. The van der Waals surface area contributed by atoms with Crippen LogP contribution < -0.4 is 18.9 Å². The van der Waals surface area contributed by atoms with Gasteiger partial charge in [-0.2, -0.15) is 4.98 Å². The summed E-state index contributed by atoms with van der Waals surface area (Å²) in [6, 6.07) is 8.13. The zero-order chi connectivity index (χ0) is 16.2. The number of methoxy groups -OCH3 is 3. The maximum absolute atomic E-state index is 5.91. The van der Waals surface area contributed by atoms with Crippen molar-refractivity contribution in [1.29, 1.82) is 0 Å². The standard InChI is InChI=1S/C17H20N2O4/c1-20-14-6-4-5-12-7-11(10-23-16(12)14)8-13-9-15(21-2)19-17(18-13)22-3/h4-6,9,11H,7-8,10H2,1-3H3/t11-/m1/s1. The zero-order valence-electron chi connectivity index (χ0n) is 13.5. The Hall–Kier alpha value is -2.50. The SMILES string of the molecule is COc1cc(C[C@@H]2COc3c(cccc3OC)C2)nc(OC)n1. The summed E-state index contributed by atoms with van der Waals surface area (Å²) in [7, 11) is 4.78. The third-order valence-corrected chi connectivity index (χ3v) is 3.88. The van der Waals surface area contributed by atoms with Crippen molar-refractivity contribution >= 4 is 0 Å². The number of benzene rings is 1. The lowest BCUT2D eigenvalue weighted by Crippen LogP contribution is -2.23. The molecule has 0 bridgehead atoms. The van der Waals surface area contributed by atoms with Crippen LogP contribution in [0.1, 0.15) is 11.3 Å². The Morgan fingerprint density at radius 2 is 2.00 bits per heavy atom. The van der Waals surface area contributed by atoms with E-state index in [1.165, 1.54) is 0 Å². The molecule has 0 fully saturated rings. The van der Waals surface area contributed by atoms with Gasteiger partial charge in [0.25, 0.3) is 0 Å². The van der Waals surface area contributed by atoms with Gasteiger partial charge in [-0.05, 0) is 24.5 Å². The normalized spacial score (nSPS) is 16.2. The number of nitrogens with zero attached hydrogens (tertiary/aromatic N) is 2. The minimum atomic E-state index is 0.318. The van der Waals surface area contributed by atoms with Crippen molar-refractivity contribution in [2.24, 2.45) is 5.92 Å². The van der Waals surface area contributed by atoms with Crippen LogP contribution in [0.25, 0.3) is 0 Å². The molecule has 6 nitrogen and oxygen atoms in total. The highest BCUT2D eigenvalue weighted by Crippen LogP contribution is 2.36. The van der Waals surface area contributed by atoms with Gasteiger partial charge < -0.3 is 18.9 Å². The van der Waals surface area contributed by atoms with Crippen molar-refractivity contribution in [2.75, 3.05) is 27.9 Å². The molecule has 0 saturated carbocycles. The van der Waals surface area contributed by atoms with E-state index >= 15 is 0 Å². The highest BCUT2D eigenvalue weighted by molar-refractivity contribution is 5.47. The predicted octanol–water partition coefficient (Wildman–Crippen LogP) is 2.30. The second kappa shape index (κ2) is 6.73. The van der Waals surface area contributed by atoms with Crippen LogP contribution in [-0.2, 0) is 12.8 Å². The van der Waals surface area contributed by atoms with Crippen LogP contribution in [-0.4, -0.2) is 37.9 Å². The molecule has 2 aromatic rings. The second-order valence-electron chi connectivity index (χ2n) is 5.42. The molecule has 2 heterocycles. The average Bonchev–Trinajstić information content (AvgIpc) is 2.60. The van der Waals surface area contributed by atoms with Crippen molar-refractivity contribution in [3.05, 3.63) is 35.5 Å². The fraction of sp³-hybridized carbons (Fsp3) is 0.412. The van der Waals surface area contributed by atoms with E-state index in [2.05, 4.69) is 16.0 Å². The van der Waals surface area contributed by atoms with Gasteiger partial charge in [0.15, 0.2) is 11.5 Å². The summed E-state index contributed by atoms with van der Waals surface area (Å²) >= 11 is 0. The molecule has 0 unspecified atom stereocenters. The molecule has 0 radical (unpaired) electrons. The van der Waals surface area contributed by atoms with Crippen LogP contribution in [0.15, 0.2) is 24.3 Å². The Morgan fingerprint density at radius 3 is 2.74 bits per heavy atom. The van der Waals surface area contributed by atoms with Gasteiger partial charge in [-0.15, -0.1) is 0 Å². The summed E-state index contributed by atoms with van der Waals surface area (Å²) in [6.45, 7) is 0.627. The molecule has 122 valence electrons. The fourth-order valence-corrected chi connectivity index (χ4v) is 2.79. The van der Waals surface area contributed by atoms with Crippen molar-refractivity contribution in [2.45, 2.75) is 12.8 Å². The van der Waals surface area contributed by atoms with E-state index < -0.39 is 0 Å². The largest absolute Gasteiger partial charge is 0.493 e. The van der Waals surface area contributed by atoms with E-state index in [-0.39, 0.29) is 0 Å². The van der Waals surface area contributed by atoms with Crippen molar-refractivity contribution in [3.8, 4) is 23.4 Å². The highest BCUT2D eigenvalue weighted by atomic mass is 16.5. The number of fused-ring (bicyclic) bond motifs is 1. The summed E-state index contributed by atoms with van der Waals surface area (Å²) in [4.78, 5) is 8.51. The summed E-state index contributed by atoms with van der Waals surface area (Å²) in [5.74, 6) is 2.47. The van der Waals surface area contributed by atoms with E-state index in [0.29, 0.717) is 24.4 Å². The Morgan fingerprint density at radius 1 is 1.13 bits per heavy atom. The summed E-state index contributed by atoms with van der Waals surface area (Å²) in [5, 5.41) is 0. The van der Waals surface area contributed by atoms with Crippen molar-refractivity contribution < 1.29 is 18.9 Å². The molecule has 0 N–H and O–H groups in total. The molecular formula is C17H20N2O4. The highest BCUT2D eigenvalue weighted by Gasteiger charge is 2.23. The summed E-state index contributed by atoms with van der Waals surface area (Å²) in [6.07, 6.45) is 1.69. The van der Waals surface area contributed by atoms with Crippen LogP contribution in [0.2, 0.25) is 0 Å². The molecule has 6 heteroatoms. The van der Waals surface area contributed by atoms with Crippen molar-refractivity contribution in [1.82, 2.24) is 9.97 Å². The van der Waals surface area contributed by atoms with Crippen molar-refractivity contribution in [3.63, 3.8) is 0 Å². The fourth-order valence-electron chi connectivity index (χ4n) is 2.79. The van der Waals surface area contributed by atoms with E-state index in [1.807, 2.05) is 18.2 Å². The quantitative estimate of drug-likeness (QED) is 0.843. The van der Waals surface area contributed by atoms with Gasteiger partial charge in [0.05, 0.1) is 33.6 Å². The maximum atomic E-state index is 5.91. The monoisotopic (exact) mass is 316 g/mol. The molecule has 1 aliphatic rings. The first kappa shape index (κ1) is 15.4. The van der Waals surface area contributed by atoms with Crippen LogP contribution in [0, 0.1) is 5.92 Å². The molecule has 1 atom stereocenters. The number of para-hydroxylation sites is 1. The zero-order valence-corrected chi connectivity index (χ0v) is 13.5. The number of aromatic nitrogens is 2. The third kappa shape index (κ3) is 3.31. The Labute approximate surface area is 135 Å². The molecule has 1 aromatic heterocycles. The lowest BCUT2D eigenvalue weighted by Gasteiger charge is -2.26. The molecule has 0 aliphatic carbocycles. The topological polar surface area (TPSA) is 62.7 Å². The van der Waals surface area contributed by atoms with Gasteiger partial charge in [-0.3, -0.25) is 0 Å². The molecular weight excluding hydrogens is 296 g/mol. The molecule has 1 aliphatic heterocycles. The number of rotatable bonds is 5. The van der Waals surface area contributed by atoms with Crippen LogP contribution in [0.3, 0.4) is 0 Å². The molecule has 23 heavy (non-hydrogen) atoms. The van der Waals surface area contributed by atoms with Crippen LogP contribution in [0.5, 0.6) is 23.4 Å². The molecule has 3 rings (SSSR count). The Balaban J connectivity index is 1.77. The minimum Gasteiger partial charge on any atom is -0.493 e. The predicted molar refractivity (Wildman–Crippen MR) is 84.5 cm³/mol. The van der Waals surface area contributed by atoms with E-state index in [0.717, 1.165) is 35.6 Å². The Kier molecular flexibility index (Phi) is 4.50. The smallest absolute Gasteiger partial charge is 0.319 e. The minimum absolute atomic E-state index is 0.318. The average molecular weight is 316 g/mol.